The molecule has 0 amide bonds. The number of benzene rings is 2. The van der Waals surface area contributed by atoms with Gasteiger partial charge in [-0.25, -0.2) is 0 Å². The first kappa shape index (κ1) is 13.6. The highest BCUT2D eigenvalue weighted by Gasteiger charge is 2.11. The number of rotatable bonds is 4. The van der Waals surface area contributed by atoms with Crippen molar-refractivity contribution in [3.05, 3.63) is 54.1 Å². The van der Waals surface area contributed by atoms with E-state index in [1.165, 1.54) is 0 Å². The Morgan fingerprint density at radius 1 is 1.00 bits per heavy atom. The van der Waals surface area contributed by atoms with Crippen LogP contribution in [0.4, 0.5) is 0 Å². The van der Waals surface area contributed by atoms with Crippen LogP contribution in [0.1, 0.15) is 17.3 Å². The van der Waals surface area contributed by atoms with Gasteiger partial charge in [0.1, 0.15) is 5.75 Å². The molecule has 19 heavy (non-hydrogen) atoms. The van der Waals surface area contributed by atoms with E-state index in [-0.39, 0.29) is 5.78 Å². The van der Waals surface area contributed by atoms with Crippen LogP contribution in [0.2, 0.25) is 0 Å². The maximum Gasteiger partial charge on any atom is 0.180 e. The summed E-state index contributed by atoms with van der Waals surface area (Å²) in [6.45, 7) is 1.68. The average Bonchev–Trinajstić information content (AvgIpc) is 2.46. The van der Waals surface area contributed by atoms with Gasteiger partial charge in [-0.2, -0.15) is 0 Å². The second-order valence-electron chi connectivity index (χ2n) is 4.29. The van der Waals surface area contributed by atoms with Crippen LogP contribution in [-0.4, -0.2) is 18.3 Å². The van der Waals surface area contributed by atoms with E-state index in [1.54, 1.807) is 26.2 Å². The molecular formula is C16H15ClO2. The van der Waals surface area contributed by atoms with Crippen LogP contribution in [0.25, 0.3) is 11.1 Å². The second kappa shape index (κ2) is 5.89. The first-order chi connectivity index (χ1) is 9.11. The molecule has 98 valence electrons. The summed E-state index contributed by atoms with van der Waals surface area (Å²) >= 11 is 5.79. The van der Waals surface area contributed by atoms with Crippen LogP contribution >= 0.6 is 11.6 Å². The summed E-state index contributed by atoms with van der Waals surface area (Å²) in [6.07, 6.45) is 0. The third kappa shape index (κ3) is 3.15. The van der Waals surface area contributed by atoms with Gasteiger partial charge in [0.05, 0.1) is 12.5 Å². The standard InChI is InChI=1S/C16H15ClO2/c1-11(17)16(18)14-5-3-12(4-6-14)13-7-9-15(19-2)10-8-13/h3-11H,1-2H3. The van der Waals surface area contributed by atoms with Crippen molar-refractivity contribution in [1.82, 2.24) is 0 Å². The zero-order chi connectivity index (χ0) is 13.8. The van der Waals surface area contributed by atoms with Crippen molar-refractivity contribution in [2.24, 2.45) is 0 Å². The summed E-state index contributed by atoms with van der Waals surface area (Å²) in [4.78, 5) is 11.7. The molecule has 0 heterocycles. The van der Waals surface area contributed by atoms with Crippen LogP contribution in [0.15, 0.2) is 48.5 Å². The first-order valence-corrected chi connectivity index (χ1v) is 6.48. The number of alkyl halides is 1. The Morgan fingerprint density at radius 3 is 1.89 bits per heavy atom. The lowest BCUT2D eigenvalue weighted by Crippen LogP contribution is -2.09. The number of carbonyl (C=O) groups is 1. The number of methoxy groups -OCH3 is 1. The highest BCUT2D eigenvalue weighted by atomic mass is 35.5. The zero-order valence-corrected chi connectivity index (χ0v) is 11.6. The molecule has 0 spiro atoms. The minimum absolute atomic E-state index is 0.0528. The fraction of sp³-hybridized carbons (Fsp3) is 0.188. The van der Waals surface area contributed by atoms with Crippen molar-refractivity contribution in [2.75, 3.05) is 7.11 Å². The van der Waals surface area contributed by atoms with Gasteiger partial charge >= 0.3 is 0 Å². The molecule has 2 nitrogen and oxygen atoms in total. The second-order valence-corrected chi connectivity index (χ2v) is 4.94. The van der Waals surface area contributed by atoms with Crippen molar-refractivity contribution in [2.45, 2.75) is 12.3 Å². The molecule has 0 radical (unpaired) electrons. The molecule has 0 aromatic heterocycles. The van der Waals surface area contributed by atoms with Gasteiger partial charge in [0.2, 0.25) is 0 Å². The molecular weight excluding hydrogens is 260 g/mol. The van der Waals surface area contributed by atoms with Crippen LogP contribution < -0.4 is 4.74 Å². The maximum absolute atomic E-state index is 11.7. The smallest absolute Gasteiger partial charge is 0.180 e. The highest BCUT2D eigenvalue weighted by Crippen LogP contribution is 2.23. The van der Waals surface area contributed by atoms with Crippen LogP contribution in [-0.2, 0) is 0 Å². The molecule has 0 aliphatic carbocycles. The Kier molecular flexibility index (Phi) is 4.23. The topological polar surface area (TPSA) is 26.3 Å². The maximum atomic E-state index is 11.7. The quantitative estimate of drug-likeness (QED) is 0.618. The van der Waals surface area contributed by atoms with E-state index in [4.69, 9.17) is 16.3 Å². The molecule has 0 N–H and O–H groups in total. The fourth-order valence-corrected chi connectivity index (χ4v) is 1.97. The molecule has 0 saturated carbocycles. The van der Waals surface area contributed by atoms with Gasteiger partial charge in [-0.1, -0.05) is 36.4 Å². The van der Waals surface area contributed by atoms with E-state index in [2.05, 4.69) is 0 Å². The lowest BCUT2D eigenvalue weighted by molar-refractivity contribution is 0.0992. The Morgan fingerprint density at radius 2 is 1.47 bits per heavy atom. The highest BCUT2D eigenvalue weighted by molar-refractivity contribution is 6.33. The number of ether oxygens (including phenoxy) is 1. The molecule has 0 bridgehead atoms. The Labute approximate surface area is 118 Å². The SMILES string of the molecule is COc1ccc(-c2ccc(C(=O)C(C)Cl)cc2)cc1. The number of Topliss-reactive ketones (excluding diaryl/α,β-unsaturated/α-hetero) is 1. The summed E-state index contributed by atoms with van der Waals surface area (Å²) < 4.78 is 5.12. The Bertz CT molecular complexity index is 556. The predicted molar refractivity (Wildman–Crippen MR) is 78.1 cm³/mol. The number of carbonyl (C=O) groups excluding carboxylic acids is 1. The number of halogens is 1. The van der Waals surface area contributed by atoms with Gasteiger partial charge in [-0.05, 0) is 30.2 Å². The van der Waals surface area contributed by atoms with Crippen molar-refractivity contribution in [3.8, 4) is 16.9 Å². The first-order valence-electron chi connectivity index (χ1n) is 6.04. The predicted octanol–water partition coefficient (Wildman–Crippen LogP) is 4.17. The number of ketones is 1. The summed E-state index contributed by atoms with van der Waals surface area (Å²) in [5.41, 5.74) is 2.78. The van der Waals surface area contributed by atoms with Crippen molar-refractivity contribution in [3.63, 3.8) is 0 Å². The van der Waals surface area contributed by atoms with Gasteiger partial charge in [0.25, 0.3) is 0 Å². The average molecular weight is 275 g/mol. The summed E-state index contributed by atoms with van der Waals surface area (Å²) in [5, 5.41) is -0.494. The van der Waals surface area contributed by atoms with E-state index in [9.17, 15) is 4.79 Å². The Hall–Kier alpha value is -1.80. The van der Waals surface area contributed by atoms with Gasteiger partial charge in [0, 0.05) is 5.56 Å². The van der Waals surface area contributed by atoms with Gasteiger partial charge in [0.15, 0.2) is 5.78 Å². The van der Waals surface area contributed by atoms with Crippen LogP contribution in [0, 0.1) is 0 Å². The van der Waals surface area contributed by atoms with E-state index < -0.39 is 5.38 Å². The minimum Gasteiger partial charge on any atom is -0.497 e. The van der Waals surface area contributed by atoms with Crippen molar-refractivity contribution < 1.29 is 9.53 Å². The van der Waals surface area contributed by atoms with Crippen molar-refractivity contribution >= 4 is 17.4 Å². The summed E-state index contributed by atoms with van der Waals surface area (Å²) in [6, 6.07) is 15.3. The van der Waals surface area contributed by atoms with Gasteiger partial charge in [-0.15, -0.1) is 11.6 Å². The summed E-state index contributed by atoms with van der Waals surface area (Å²) in [5.74, 6) is 0.773. The molecule has 0 aliphatic heterocycles. The monoisotopic (exact) mass is 274 g/mol. The minimum atomic E-state index is -0.494. The number of hydrogen-bond acceptors (Lipinski definition) is 2. The zero-order valence-electron chi connectivity index (χ0n) is 10.9. The molecule has 0 fully saturated rings. The normalized spacial score (nSPS) is 11.9. The van der Waals surface area contributed by atoms with E-state index >= 15 is 0 Å². The van der Waals surface area contributed by atoms with Crippen molar-refractivity contribution in [1.29, 1.82) is 0 Å². The van der Waals surface area contributed by atoms with Gasteiger partial charge in [-0.3, -0.25) is 4.79 Å². The molecule has 2 aromatic rings. The molecule has 3 heteroatoms. The third-order valence-electron chi connectivity index (χ3n) is 2.95. The Balaban J connectivity index is 2.24. The fourth-order valence-electron chi connectivity index (χ4n) is 1.84. The van der Waals surface area contributed by atoms with Crippen LogP contribution in [0.5, 0.6) is 5.75 Å². The molecule has 1 unspecified atom stereocenters. The lowest BCUT2D eigenvalue weighted by atomic mass is 10.0. The van der Waals surface area contributed by atoms with E-state index in [0.717, 1.165) is 16.9 Å². The largest absolute Gasteiger partial charge is 0.497 e. The van der Waals surface area contributed by atoms with E-state index in [0.29, 0.717) is 5.56 Å². The van der Waals surface area contributed by atoms with Crippen LogP contribution in [0.3, 0.4) is 0 Å². The molecule has 0 saturated heterocycles. The number of hydrogen-bond donors (Lipinski definition) is 0. The lowest BCUT2D eigenvalue weighted by Gasteiger charge is -2.06. The summed E-state index contributed by atoms with van der Waals surface area (Å²) in [7, 11) is 1.64. The third-order valence-corrected chi connectivity index (χ3v) is 3.15. The van der Waals surface area contributed by atoms with E-state index in [1.807, 2.05) is 36.4 Å². The molecule has 0 aliphatic rings. The molecule has 1 atom stereocenters. The van der Waals surface area contributed by atoms with Gasteiger partial charge < -0.3 is 4.74 Å². The molecule has 2 aromatic carbocycles. The molecule has 2 rings (SSSR count).